The fraction of sp³-hybridized carbons (Fsp3) is 1.00. The van der Waals surface area contributed by atoms with Gasteiger partial charge in [0, 0.05) is 5.38 Å². The van der Waals surface area contributed by atoms with E-state index in [1.54, 1.807) is 0 Å². The van der Waals surface area contributed by atoms with Gasteiger partial charge in [0.25, 0.3) is 0 Å². The molecule has 0 bridgehead atoms. The van der Waals surface area contributed by atoms with Crippen LogP contribution in [0.1, 0.15) is 58.8 Å². The van der Waals surface area contributed by atoms with E-state index >= 15 is 0 Å². The average Bonchev–Trinajstić information content (AvgIpc) is 1.99. The van der Waals surface area contributed by atoms with Crippen molar-refractivity contribution in [2.45, 2.75) is 64.2 Å². The summed E-state index contributed by atoms with van der Waals surface area (Å²) in [6.07, 6.45) is 9.01. The highest BCUT2D eigenvalue weighted by molar-refractivity contribution is 6.20. The molecule has 68 valence electrons. The van der Waals surface area contributed by atoms with Gasteiger partial charge >= 0.3 is 0 Å². The van der Waals surface area contributed by atoms with Gasteiger partial charge in [0.1, 0.15) is 0 Å². The van der Waals surface area contributed by atoms with Gasteiger partial charge in [0.2, 0.25) is 0 Å². The molecule has 0 heterocycles. The summed E-state index contributed by atoms with van der Waals surface area (Å²) >= 11 is 6.06. The van der Waals surface area contributed by atoms with Crippen LogP contribution >= 0.6 is 11.6 Å². The number of hydrogen-bond donors (Lipinski definition) is 0. The molecule has 0 aromatic carbocycles. The number of unbranched alkanes of at least 4 members (excludes halogenated alkanes) is 3. The molecule has 1 atom stereocenters. The smallest absolute Gasteiger partial charge is 0.0336 e. The largest absolute Gasteiger partial charge is 0.123 e. The zero-order valence-corrected chi connectivity index (χ0v) is 8.66. The molecular weight excluding hydrogens is 156 g/mol. The Balaban J connectivity index is 2.97. The molecule has 0 rings (SSSR count). The summed E-state index contributed by atoms with van der Waals surface area (Å²) in [5, 5.41) is 0.442. The maximum Gasteiger partial charge on any atom is 0.0336 e. The lowest BCUT2D eigenvalue weighted by Crippen LogP contribution is -1.96. The SMILES string of the molecule is CCCCCCC(Cl)CCC. The van der Waals surface area contributed by atoms with Gasteiger partial charge in [-0.05, 0) is 12.8 Å². The summed E-state index contributed by atoms with van der Waals surface area (Å²) in [5.74, 6) is 0. The van der Waals surface area contributed by atoms with Crippen LogP contribution in [0.25, 0.3) is 0 Å². The van der Waals surface area contributed by atoms with Gasteiger partial charge < -0.3 is 0 Å². The number of hydrogen-bond acceptors (Lipinski definition) is 0. The molecule has 0 amide bonds. The van der Waals surface area contributed by atoms with E-state index < -0.39 is 0 Å². The molecule has 1 heteroatoms. The van der Waals surface area contributed by atoms with E-state index in [4.69, 9.17) is 11.6 Å². The Morgan fingerprint density at radius 1 is 0.909 bits per heavy atom. The van der Waals surface area contributed by atoms with Crippen LogP contribution in [0.3, 0.4) is 0 Å². The molecular formula is C10H21Cl. The first-order valence-electron chi connectivity index (χ1n) is 4.95. The standard InChI is InChI=1S/C10H21Cl/c1-3-5-6-7-9-10(11)8-4-2/h10H,3-9H2,1-2H3. The van der Waals surface area contributed by atoms with E-state index in [2.05, 4.69) is 13.8 Å². The van der Waals surface area contributed by atoms with Gasteiger partial charge in [-0.25, -0.2) is 0 Å². The fourth-order valence-electron chi connectivity index (χ4n) is 1.25. The summed E-state index contributed by atoms with van der Waals surface area (Å²) < 4.78 is 0. The van der Waals surface area contributed by atoms with Crippen molar-refractivity contribution in [3.63, 3.8) is 0 Å². The Morgan fingerprint density at radius 3 is 2.18 bits per heavy atom. The Labute approximate surface area is 76.3 Å². The highest BCUT2D eigenvalue weighted by Crippen LogP contribution is 2.14. The van der Waals surface area contributed by atoms with Gasteiger partial charge in [-0.15, -0.1) is 11.6 Å². The monoisotopic (exact) mass is 176 g/mol. The minimum Gasteiger partial charge on any atom is -0.123 e. The molecule has 0 saturated heterocycles. The van der Waals surface area contributed by atoms with Crippen LogP contribution in [-0.2, 0) is 0 Å². The zero-order valence-electron chi connectivity index (χ0n) is 7.91. The molecule has 0 nitrogen and oxygen atoms in total. The second-order valence-corrected chi connectivity index (χ2v) is 3.85. The molecule has 11 heavy (non-hydrogen) atoms. The maximum absolute atomic E-state index is 6.06. The molecule has 0 fully saturated rings. The van der Waals surface area contributed by atoms with Crippen molar-refractivity contribution in [1.82, 2.24) is 0 Å². The summed E-state index contributed by atoms with van der Waals surface area (Å²) in [6.45, 7) is 4.44. The Bertz CT molecular complexity index is 71.3. The van der Waals surface area contributed by atoms with E-state index in [1.165, 1.54) is 44.9 Å². The topological polar surface area (TPSA) is 0 Å². The molecule has 0 aliphatic rings. The average molecular weight is 177 g/mol. The molecule has 1 unspecified atom stereocenters. The van der Waals surface area contributed by atoms with Crippen LogP contribution in [0.4, 0.5) is 0 Å². The van der Waals surface area contributed by atoms with Crippen LogP contribution in [0, 0.1) is 0 Å². The predicted octanol–water partition coefficient (Wildman–Crippen LogP) is 4.36. The van der Waals surface area contributed by atoms with Crippen LogP contribution in [0.15, 0.2) is 0 Å². The summed E-state index contributed by atoms with van der Waals surface area (Å²) in [4.78, 5) is 0. The van der Waals surface area contributed by atoms with Gasteiger partial charge in [0.15, 0.2) is 0 Å². The Kier molecular flexibility index (Phi) is 8.61. The minimum atomic E-state index is 0.442. The highest BCUT2D eigenvalue weighted by Gasteiger charge is 2.01. The highest BCUT2D eigenvalue weighted by atomic mass is 35.5. The van der Waals surface area contributed by atoms with Crippen molar-refractivity contribution in [2.24, 2.45) is 0 Å². The van der Waals surface area contributed by atoms with Crippen molar-refractivity contribution in [3.8, 4) is 0 Å². The van der Waals surface area contributed by atoms with E-state index in [0.29, 0.717) is 5.38 Å². The summed E-state index contributed by atoms with van der Waals surface area (Å²) in [7, 11) is 0. The van der Waals surface area contributed by atoms with Crippen molar-refractivity contribution in [2.75, 3.05) is 0 Å². The second-order valence-electron chi connectivity index (χ2n) is 3.24. The van der Waals surface area contributed by atoms with Gasteiger partial charge in [-0.3, -0.25) is 0 Å². The van der Waals surface area contributed by atoms with Crippen molar-refractivity contribution in [3.05, 3.63) is 0 Å². The maximum atomic E-state index is 6.06. The first-order chi connectivity index (χ1) is 5.31. The van der Waals surface area contributed by atoms with Crippen LogP contribution in [-0.4, -0.2) is 5.38 Å². The van der Waals surface area contributed by atoms with Crippen LogP contribution in [0.5, 0.6) is 0 Å². The Hall–Kier alpha value is 0.290. The van der Waals surface area contributed by atoms with Crippen LogP contribution < -0.4 is 0 Å². The number of halogens is 1. The van der Waals surface area contributed by atoms with Crippen molar-refractivity contribution in [1.29, 1.82) is 0 Å². The molecule has 0 radical (unpaired) electrons. The van der Waals surface area contributed by atoms with E-state index in [-0.39, 0.29) is 0 Å². The second kappa shape index (κ2) is 8.39. The lowest BCUT2D eigenvalue weighted by Gasteiger charge is -2.06. The van der Waals surface area contributed by atoms with Crippen LogP contribution in [0.2, 0.25) is 0 Å². The van der Waals surface area contributed by atoms with E-state index in [0.717, 1.165) is 0 Å². The Morgan fingerprint density at radius 2 is 1.64 bits per heavy atom. The van der Waals surface area contributed by atoms with Gasteiger partial charge in [0.05, 0.1) is 0 Å². The van der Waals surface area contributed by atoms with Gasteiger partial charge in [-0.2, -0.15) is 0 Å². The summed E-state index contributed by atoms with van der Waals surface area (Å²) in [5.41, 5.74) is 0. The molecule has 0 aromatic heterocycles. The normalized spacial score (nSPS) is 13.4. The summed E-state index contributed by atoms with van der Waals surface area (Å²) in [6, 6.07) is 0. The fourth-order valence-corrected chi connectivity index (χ4v) is 1.62. The zero-order chi connectivity index (χ0) is 8.53. The minimum absolute atomic E-state index is 0.442. The first kappa shape index (κ1) is 11.3. The third-order valence-corrected chi connectivity index (χ3v) is 2.41. The van der Waals surface area contributed by atoms with E-state index in [1.807, 2.05) is 0 Å². The molecule has 0 aliphatic heterocycles. The predicted molar refractivity (Wildman–Crippen MR) is 53.3 cm³/mol. The molecule has 0 aromatic rings. The molecule has 0 N–H and O–H groups in total. The first-order valence-corrected chi connectivity index (χ1v) is 5.39. The molecule has 0 aliphatic carbocycles. The van der Waals surface area contributed by atoms with Gasteiger partial charge in [-0.1, -0.05) is 46.0 Å². The van der Waals surface area contributed by atoms with E-state index in [9.17, 15) is 0 Å². The van der Waals surface area contributed by atoms with Crippen molar-refractivity contribution < 1.29 is 0 Å². The third kappa shape index (κ3) is 8.19. The lowest BCUT2D eigenvalue weighted by atomic mass is 10.1. The number of alkyl halides is 1. The molecule has 0 saturated carbocycles. The third-order valence-electron chi connectivity index (χ3n) is 1.97. The molecule has 0 spiro atoms. The lowest BCUT2D eigenvalue weighted by molar-refractivity contribution is 0.591. The number of rotatable bonds is 7. The quantitative estimate of drug-likeness (QED) is 0.399. The van der Waals surface area contributed by atoms with Crippen molar-refractivity contribution >= 4 is 11.6 Å².